The molecule has 0 bridgehead atoms. The minimum Gasteiger partial charge on any atom is -0.464 e. The number of ether oxygens (including phenoxy) is 2. The highest BCUT2D eigenvalue weighted by Gasteiger charge is 2.10. The Bertz CT molecular complexity index is 460. The monoisotopic (exact) mass is 339 g/mol. The summed E-state index contributed by atoms with van der Waals surface area (Å²) in [6.07, 6.45) is 2.27. The summed E-state index contributed by atoms with van der Waals surface area (Å²) in [6.45, 7) is 12.3. The maximum Gasteiger partial charge on any atom is 0.191 e. The number of hydrogen-bond acceptors (Lipinski definition) is 4. The Labute approximate surface area is 146 Å². The van der Waals surface area contributed by atoms with Gasteiger partial charge >= 0.3 is 0 Å². The largest absolute Gasteiger partial charge is 0.464 e. The van der Waals surface area contributed by atoms with Gasteiger partial charge in [0, 0.05) is 13.2 Å². The molecule has 1 aromatic rings. The summed E-state index contributed by atoms with van der Waals surface area (Å²) in [5.74, 6) is 2.58. The van der Waals surface area contributed by atoms with Gasteiger partial charge in [0.15, 0.2) is 5.96 Å². The minimum atomic E-state index is 0.0596. The fourth-order valence-electron chi connectivity index (χ4n) is 2.07. The van der Waals surface area contributed by atoms with Crippen LogP contribution in [0.25, 0.3) is 0 Å². The topological polar surface area (TPSA) is 68.0 Å². The molecule has 1 atom stereocenters. The third-order valence-electron chi connectivity index (χ3n) is 3.41. The number of hydrogen-bond donors (Lipinski definition) is 2. The third-order valence-corrected chi connectivity index (χ3v) is 3.41. The van der Waals surface area contributed by atoms with E-state index in [1.165, 1.54) is 0 Å². The first-order valence-electron chi connectivity index (χ1n) is 8.94. The molecule has 0 saturated heterocycles. The van der Waals surface area contributed by atoms with Gasteiger partial charge in [-0.2, -0.15) is 0 Å². The molecule has 2 N–H and O–H groups in total. The average molecular weight is 339 g/mol. The number of nitrogens with zero attached hydrogens (tertiary/aromatic N) is 1. The third kappa shape index (κ3) is 8.93. The van der Waals surface area contributed by atoms with Crippen molar-refractivity contribution in [3.63, 3.8) is 0 Å². The Hall–Kier alpha value is -1.53. The first kappa shape index (κ1) is 20.5. The van der Waals surface area contributed by atoms with Gasteiger partial charge in [-0.05, 0) is 39.3 Å². The van der Waals surface area contributed by atoms with Crippen LogP contribution < -0.4 is 10.6 Å². The van der Waals surface area contributed by atoms with Gasteiger partial charge in [0.2, 0.25) is 0 Å². The summed E-state index contributed by atoms with van der Waals surface area (Å²) < 4.78 is 16.6. The summed E-state index contributed by atoms with van der Waals surface area (Å²) in [6, 6.07) is 4.01. The van der Waals surface area contributed by atoms with Crippen molar-refractivity contribution in [1.82, 2.24) is 10.6 Å². The van der Waals surface area contributed by atoms with Crippen molar-refractivity contribution in [1.29, 1.82) is 0 Å². The van der Waals surface area contributed by atoms with E-state index in [0.29, 0.717) is 26.4 Å². The zero-order chi connectivity index (χ0) is 17.6. The van der Waals surface area contributed by atoms with Gasteiger partial charge in [0.1, 0.15) is 11.5 Å². The Morgan fingerprint density at radius 1 is 1.17 bits per heavy atom. The molecule has 0 aliphatic heterocycles. The van der Waals surface area contributed by atoms with Crippen LogP contribution in [0.15, 0.2) is 21.5 Å². The fourth-order valence-corrected chi connectivity index (χ4v) is 2.07. The molecule has 1 aromatic heterocycles. The molecule has 0 saturated carbocycles. The van der Waals surface area contributed by atoms with E-state index < -0.39 is 0 Å². The first-order valence-corrected chi connectivity index (χ1v) is 8.94. The first-order chi connectivity index (χ1) is 11.7. The second-order valence-electron chi connectivity index (χ2n) is 5.65. The number of aryl methyl sites for hydroxylation is 1. The van der Waals surface area contributed by atoms with Gasteiger partial charge in [-0.25, -0.2) is 0 Å². The smallest absolute Gasteiger partial charge is 0.191 e. The van der Waals surface area contributed by atoms with E-state index in [4.69, 9.17) is 13.9 Å². The van der Waals surface area contributed by atoms with Crippen molar-refractivity contribution in [2.24, 2.45) is 4.99 Å². The number of nitrogens with one attached hydrogen (secondary N) is 2. The van der Waals surface area contributed by atoms with Crippen molar-refractivity contribution in [2.75, 3.05) is 39.5 Å². The van der Waals surface area contributed by atoms with E-state index in [9.17, 15) is 0 Å². The van der Waals surface area contributed by atoms with Crippen LogP contribution >= 0.6 is 0 Å². The Morgan fingerprint density at radius 3 is 2.54 bits per heavy atom. The molecule has 138 valence electrons. The molecule has 24 heavy (non-hydrogen) atoms. The molecule has 6 nitrogen and oxygen atoms in total. The van der Waals surface area contributed by atoms with Crippen LogP contribution in [0.4, 0.5) is 0 Å². The lowest BCUT2D eigenvalue weighted by atomic mass is 10.2. The van der Waals surface area contributed by atoms with Crippen LogP contribution in [-0.4, -0.2) is 45.5 Å². The van der Waals surface area contributed by atoms with Crippen LogP contribution in [0, 0.1) is 6.92 Å². The SMILES string of the molecule is CCCCOCCOCCN=C(NCC)NC(C)c1ccc(C)o1. The maximum absolute atomic E-state index is 5.64. The molecular formula is C18H33N3O3. The predicted molar refractivity (Wildman–Crippen MR) is 97.5 cm³/mol. The van der Waals surface area contributed by atoms with Gasteiger partial charge in [-0.3, -0.25) is 4.99 Å². The molecule has 0 aromatic carbocycles. The number of aliphatic imine (C=N–C) groups is 1. The van der Waals surface area contributed by atoms with Crippen LogP contribution in [-0.2, 0) is 9.47 Å². The van der Waals surface area contributed by atoms with Crippen LogP contribution in [0.1, 0.15) is 51.2 Å². The molecule has 0 spiro atoms. The second-order valence-corrected chi connectivity index (χ2v) is 5.65. The zero-order valence-corrected chi connectivity index (χ0v) is 15.6. The van der Waals surface area contributed by atoms with E-state index >= 15 is 0 Å². The molecule has 0 aliphatic rings. The lowest BCUT2D eigenvalue weighted by molar-refractivity contribution is 0.0497. The van der Waals surface area contributed by atoms with Crippen LogP contribution in [0.3, 0.4) is 0 Å². The summed E-state index contributed by atoms with van der Waals surface area (Å²) in [7, 11) is 0. The van der Waals surface area contributed by atoms with Crippen molar-refractivity contribution in [3.8, 4) is 0 Å². The van der Waals surface area contributed by atoms with Crippen LogP contribution in [0.5, 0.6) is 0 Å². The molecule has 0 aliphatic carbocycles. The van der Waals surface area contributed by atoms with Crippen molar-refractivity contribution >= 4 is 5.96 Å². The zero-order valence-electron chi connectivity index (χ0n) is 15.6. The van der Waals surface area contributed by atoms with Gasteiger partial charge < -0.3 is 24.5 Å². The number of furan rings is 1. The lowest BCUT2D eigenvalue weighted by Crippen LogP contribution is -2.38. The van der Waals surface area contributed by atoms with Crippen molar-refractivity contribution < 1.29 is 13.9 Å². The Kier molecular flexibility index (Phi) is 11.0. The van der Waals surface area contributed by atoms with Gasteiger partial charge in [-0.15, -0.1) is 0 Å². The molecule has 6 heteroatoms. The molecule has 1 rings (SSSR count). The summed E-state index contributed by atoms with van der Waals surface area (Å²) in [4.78, 5) is 4.52. The fraction of sp³-hybridized carbons (Fsp3) is 0.722. The molecule has 1 unspecified atom stereocenters. The summed E-state index contributed by atoms with van der Waals surface area (Å²) in [5.41, 5.74) is 0. The van der Waals surface area contributed by atoms with Gasteiger partial charge in [0.25, 0.3) is 0 Å². The molecule has 1 heterocycles. The predicted octanol–water partition coefficient (Wildman–Crippen LogP) is 3.04. The average Bonchev–Trinajstić information content (AvgIpc) is 3.00. The summed E-state index contributed by atoms with van der Waals surface area (Å²) >= 11 is 0. The number of rotatable bonds is 12. The van der Waals surface area contributed by atoms with E-state index in [1.54, 1.807) is 0 Å². The van der Waals surface area contributed by atoms with Crippen LogP contribution in [0.2, 0.25) is 0 Å². The van der Waals surface area contributed by atoms with E-state index in [1.807, 2.05) is 26.0 Å². The summed E-state index contributed by atoms with van der Waals surface area (Å²) in [5, 5.41) is 6.57. The standard InChI is InChI=1S/C18H33N3O3/c1-5-7-11-22-13-14-23-12-10-20-18(19-6-2)21-16(4)17-9-8-15(3)24-17/h8-9,16H,5-7,10-14H2,1-4H3,(H2,19,20,21). The van der Waals surface area contributed by atoms with Crippen molar-refractivity contribution in [2.45, 2.75) is 46.6 Å². The second kappa shape index (κ2) is 12.8. The highest BCUT2D eigenvalue weighted by atomic mass is 16.5. The van der Waals surface area contributed by atoms with E-state index in [2.05, 4.69) is 29.5 Å². The quantitative estimate of drug-likeness (QED) is 0.348. The van der Waals surface area contributed by atoms with E-state index in [-0.39, 0.29) is 6.04 Å². The lowest BCUT2D eigenvalue weighted by Gasteiger charge is -2.16. The van der Waals surface area contributed by atoms with E-state index in [0.717, 1.165) is 43.5 Å². The Morgan fingerprint density at radius 2 is 1.92 bits per heavy atom. The van der Waals surface area contributed by atoms with Gasteiger partial charge in [-0.1, -0.05) is 13.3 Å². The van der Waals surface area contributed by atoms with Gasteiger partial charge in [0.05, 0.1) is 32.4 Å². The molecule has 0 fully saturated rings. The highest BCUT2D eigenvalue weighted by Crippen LogP contribution is 2.15. The molecule has 0 radical (unpaired) electrons. The Balaban J connectivity index is 2.24. The molecule has 0 amide bonds. The number of unbranched alkanes of at least 4 members (excludes halogenated alkanes) is 1. The normalized spacial score (nSPS) is 13.1. The van der Waals surface area contributed by atoms with Crippen molar-refractivity contribution in [3.05, 3.63) is 23.7 Å². The minimum absolute atomic E-state index is 0.0596. The highest BCUT2D eigenvalue weighted by molar-refractivity contribution is 5.80. The molecular weight excluding hydrogens is 306 g/mol. The maximum atomic E-state index is 5.64. The number of guanidine groups is 1.